The number of nitrogens with zero attached hydrogens (tertiary/aromatic N) is 2. The van der Waals surface area contributed by atoms with E-state index in [0.29, 0.717) is 50.5 Å². The van der Waals surface area contributed by atoms with Crippen LogP contribution in [0.15, 0.2) is 123 Å². The SMILES string of the molecule is Cc1noc(C)c1COc1ccccc1C(=O)Nc1cccc(C(=O)NCC(=O)NCC(=O)N[C@@H](Cc2ccccc2)C(=O)NCC(=O)Nc2ccc(Cn3c(=O)[nH]cc(F)c3=O)cc2)c1. The number of aryl methyl sites for hydroxylation is 2. The van der Waals surface area contributed by atoms with Crippen LogP contribution in [0.5, 0.6) is 5.75 Å². The summed E-state index contributed by atoms with van der Waals surface area (Å²) >= 11 is 0. The van der Waals surface area contributed by atoms with Crippen LogP contribution in [0.3, 0.4) is 0 Å². The Balaban J connectivity index is 0.958. The monoisotopic (exact) mass is 901 g/mol. The minimum Gasteiger partial charge on any atom is -0.488 e. The van der Waals surface area contributed by atoms with Gasteiger partial charge in [-0.15, -0.1) is 0 Å². The van der Waals surface area contributed by atoms with Crippen LogP contribution in [0, 0.1) is 19.7 Å². The quantitative estimate of drug-likeness (QED) is 0.0621. The lowest BCUT2D eigenvalue weighted by Gasteiger charge is -2.19. The number of carbonyl (C=O) groups excluding carboxylic acids is 6. The Hall–Kier alpha value is -8.68. The third-order valence-corrected chi connectivity index (χ3v) is 9.88. The first-order valence-corrected chi connectivity index (χ1v) is 20.3. The van der Waals surface area contributed by atoms with E-state index in [1.165, 1.54) is 36.4 Å². The Labute approximate surface area is 375 Å². The zero-order valence-electron chi connectivity index (χ0n) is 35.6. The Morgan fingerprint density at radius 2 is 1.45 bits per heavy atom. The number of H-pyrrole nitrogens is 1. The number of hydrogen-bond donors (Lipinski definition) is 7. The summed E-state index contributed by atoms with van der Waals surface area (Å²) in [6.07, 6.45) is 0.730. The first-order valence-electron chi connectivity index (χ1n) is 20.3. The molecule has 0 aliphatic rings. The van der Waals surface area contributed by atoms with E-state index >= 15 is 0 Å². The van der Waals surface area contributed by atoms with Crippen molar-refractivity contribution in [2.75, 3.05) is 30.3 Å². The van der Waals surface area contributed by atoms with Gasteiger partial charge in [-0.25, -0.2) is 4.79 Å². The van der Waals surface area contributed by atoms with E-state index in [1.54, 1.807) is 80.6 Å². The van der Waals surface area contributed by atoms with E-state index in [-0.39, 0.29) is 30.7 Å². The van der Waals surface area contributed by atoms with Crippen LogP contribution in [0.4, 0.5) is 15.8 Å². The average molecular weight is 902 g/mol. The smallest absolute Gasteiger partial charge is 0.328 e. The van der Waals surface area contributed by atoms with Crippen molar-refractivity contribution >= 4 is 46.8 Å². The standard InChI is InChI=1S/C46H44FN9O10/c1-27-35(28(2)66-55-27)26-65-38-14-7-6-13-34(38)43(61)53-33-12-8-11-31(20-33)42(60)49-22-39(57)48-23-41(59)54-37(19-29-9-4-3-5-10-29)44(62)50-24-40(58)52-32-17-15-30(16-18-32)25-56-45(63)36(47)21-51-46(56)64/h3-18,20-21,37H,19,22-26H2,1-2H3,(H,48,57)(H,49,60)(H,50,62)(H,51,64)(H,52,58)(H,53,61)(H,54,59)/t37-/m0/s1. The third kappa shape index (κ3) is 12.9. The van der Waals surface area contributed by atoms with Gasteiger partial charge in [0.25, 0.3) is 17.4 Å². The number of benzene rings is 4. The number of nitrogens with one attached hydrogen (secondary N) is 7. The van der Waals surface area contributed by atoms with Gasteiger partial charge >= 0.3 is 5.69 Å². The molecule has 20 heteroatoms. The first-order chi connectivity index (χ1) is 31.7. The number of halogens is 1. The summed E-state index contributed by atoms with van der Waals surface area (Å²) in [5, 5.41) is 19.2. The molecule has 0 bridgehead atoms. The van der Waals surface area contributed by atoms with Gasteiger partial charge in [-0.1, -0.05) is 65.8 Å². The van der Waals surface area contributed by atoms with Crippen LogP contribution in [-0.2, 0) is 38.8 Å². The molecule has 0 aliphatic heterocycles. The molecule has 6 amide bonds. The molecule has 0 fully saturated rings. The summed E-state index contributed by atoms with van der Waals surface area (Å²) in [5.41, 5.74) is 1.76. The van der Waals surface area contributed by atoms with Gasteiger partial charge in [0, 0.05) is 29.6 Å². The molecular weight excluding hydrogens is 858 g/mol. The number of aromatic nitrogens is 3. The lowest BCUT2D eigenvalue weighted by Crippen LogP contribution is -2.52. The van der Waals surface area contributed by atoms with Crippen LogP contribution in [-0.4, -0.2) is 75.8 Å². The molecule has 340 valence electrons. The van der Waals surface area contributed by atoms with Crippen LogP contribution < -0.4 is 47.9 Å². The van der Waals surface area contributed by atoms with Crippen LogP contribution in [0.2, 0.25) is 0 Å². The molecule has 0 spiro atoms. The molecule has 0 radical (unpaired) electrons. The van der Waals surface area contributed by atoms with Crippen molar-refractivity contribution in [2.24, 2.45) is 0 Å². The highest BCUT2D eigenvalue weighted by Crippen LogP contribution is 2.23. The molecule has 6 aromatic rings. The summed E-state index contributed by atoms with van der Waals surface area (Å²) in [5.74, 6) is -4.04. The predicted octanol–water partition coefficient (Wildman–Crippen LogP) is 2.49. The average Bonchev–Trinajstić information content (AvgIpc) is 3.64. The van der Waals surface area contributed by atoms with Gasteiger partial charge < -0.3 is 46.1 Å². The van der Waals surface area contributed by atoms with Crippen LogP contribution in [0.25, 0.3) is 0 Å². The van der Waals surface area contributed by atoms with Gasteiger partial charge in [0.15, 0.2) is 0 Å². The number of amides is 6. The van der Waals surface area contributed by atoms with Gasteiger partial charge in [0.2, 0.25) is 29.4 Å². The van der Waals surface area contributed by atoms with Crippen LogP contribution >= 0.6 is 0 Å². The van der Waals surface area contributed by atoms with E-state index in [4.69, 9.17) is 9.26 Å². The van der Waals surface area contributed by atoms with Crippen LogP contribution in [0.1, 0.15) is 48.9 Å². The Kier molecular flexibility index (Phi) is 15.7. The molecular formula is C46H44FN9O10. The van der Waals surface area contributed by atoms with Crippen molar-refractivity contribution in [1.82, 2.24) is 36.0 Å². The largest absolute Gasteiger partial charge is 0.488 e. The molecule has 4 aromatic carbocycles. The summed E-state index contributed by atoms with van der Waals surface area (Å²) in [6, 6.07) is 26.4. The van der Waals surface area contributed by atoms with Crippen molar-refractivity contribution in [3.8, 4) is 5.75 Å². The minimum absolute atomic E-state index is 0.0476. The molecule has 0 aliphatic carbocycles. The summed E-state index contributed by atoms with van der Waals surface area (Å²) < 4.78 is 25.4. The van der Waals surface area contributed by atoms with Crippen molar-refractivity contribution < 1.29 is 42.4 Å². The third-order valence-electron chi connectivity index (χ3n) is 9.88. The molecule has 66 heavy (non-hydrogen) atoms. The van der Waals surface area contributed by atoms with E-state index in [0.717, 1.165) is 5.56 Å². The first kappa shape index (κ1) is 46.8. The second kappa shape index (κ2) is 22.1. The summed E-state index contributed by atoms with van der Waals surface area (Å²) in [4.78, 5) is 104. The van der Waals surface area contributed by atoms with Crippen molar-refractivity contribution in [3.63, 3.8) is 0 Å². The Morgan fingerprint density at radius 3 is 2.20 bits per heavy atom. The van der Waals surface area contributed by atoms with Crippen molar-refractivity contribution in [3.05, 3.63) is 175 Å². The topological polar surface area (TPSA) is 265 Å². The zero-order chi connectivity index (χ0) is 47.2. The number of aromatic amines is 1. The van der Waals surface area contributed by atoms with Gasteiger partial charge in [-0.3, -0.25) is 38.1 Å². The van der Waals surface area contributed by atoms with E-state index in [1.807, 2.05) is 0 Å². The van der Waals surface area contributed by atoms with Gasteiger partial charge in [0.1, 0.15) is 24.2 Å². The molecule has 0 saturated heterocycles. The second-order valence-corrected chi connectivity index (χ2v) is 14.7. The Bertz CT molecular complexity index is 2840. The van der Waals surface area contributed by atoms with Gasteiger partial charge in [-0.05, 0) is 67.4 Å². The lowest BCUT2D eigenvalue weighted by molar-refractivity contribution is -0.130. The maximum Gasteiger partial charge on any atom is 0.328 e. The Morgan fingerprint density at radius 1 is 0.742 bits per heavy atom. The molecule has 0 unspecified atom stereocenters. The number of rotatable bonds is 19. The van der Waals surface area contributed by atoms with Crippen molar-refractivity contribution in [2.45, 2.75) is 39.5 Å². The number of carbonyl (C=O) groups is 6. The molecule has 1 atom stereocenters. The molecule has 2 aromatic heterocycles. The highest BCUT2D eigenvalue weighted by atomic mass is 19.1. The van der Waals surface area contributed by atoms with E-state index < -0.39 is 78.2 Å². The highest BCUT2D eigenvalue weighted by molar-refractivity contribution is 6.07. The maximum atomic E-state index is 13.7. The number of ether oxygens (including phenoxy) is 1. The van der Waals surface area contributed by atoms with Crippen molar-refractivity contribution in [1.29, 1.82) is 0 Å². The summed E-state index contributed by atoms with van der Waals surface area (Å²) in [7, 11) is 0. The number of anilines is 2. The summed E-state index contributed by atoms with van der Waals surface area (Å²) in [6.45, 7) is 1.95. The molecule has 2 heterocycles. The van der Waals surface area contributed by atoms with E-state index in [2.05, 4.69) is 42.0 Å². The lowest BCUT2D eigenvalue weighted by atomic mass is 10.1. The number of hydrogen-bond acceptors (Lipinski definition) is 11. The minimum atomic E-state index is -1.15. The maximum absolute atomic E-state index is 13.7. The molecule has 6 rings (SSSR count). The normalized spacial score (nSPS) is 11.1. The van der Waals surface area contributed by atoms with Gasteiger partial charge in [0.05, 0.1) is 43.0 Å². The van der Waals surface area contributed by atoms with Gasteiger partial charge in [-0.2, -0.15) is 4.39 Å². The highest BCUT2D eigenvalue weighted by Gasteiger charge is 2.23. The fourth-order valence-corrected chi connectivity index (χ4v) is 6.38. The fourth-order valence-electron chi connectivity index (χ4n) is 6.38. The van der Waals surface area contributed by atoms with E-state index in [9.17, 15) is 42.7 Å². The second-order valence-electron chi connectivity index (χ2n) is 14.7. The zero-order valence-corrected chi connectivity index (χ0v) is 35.6. The number of para-hydroxylation sites is 1. The molecule has 7 N–H and O–H groups in total. The fraction of sp³-hybridized carbons (Fsp3) is 0.196. The molecule has 19 nitrogen and oxygen atoms in total. The predicted molar refractivity (Wildman–Crippen MR) is 237 cm³/mol. The molecule has 0 saturated carbocycles.